The molecule has 0 N–H and O–H groups in total. The molecule has 2 aromatic rings. The van der Waals surface area contributed by atoms with Gasteiger partial charge in [0.2, 0.25) is 0 Å². The molecule has 2 aliphatic heterocycles. The molecular formula is C27H30ClF3N2O4. The van der Waals surface area contributed by atoms with E-state index in [1.807, 2.05) is 26.8 Å². The van der Waals surface area contributed by atoms with Crippen LogP contribution in [0.25, 0.3) is 0 Å². The molecule has 2 aromatic carbocycles. The largest absolute Gasteiger partial charge is 0.573 e. The minimum absolute atomic E-state index is 0.0206. The Morgan fingerprint density at radius 2 is 1.68 bits per heavy atom. The third-order valence-electron chi connectivity index (χ3n) is 6.43. The van der Waals surface area contributed by atoms with Gasteiger partial charge >= 0.3 is 12.5 Å². The van der Waals surface area contributed by atoms with Crippen molar-refractivity contribution in [1.29, 1.82) is 0 Å². The Labute approximate surface area is 219 Å². The van der Waals surface area contributed by atoms with Crippen LogP contribution in [0.2, 0.25) is 5.02 Å². The molecule has 6 nitrogen and oxygen atoms in total. The van der Waals surface area contributed by atoms with E-state index in [9.17, 15) is 22.8 Å². The molecule has 0 bridgehead atoms. The lowest BCUT2D eigenvalue weighted by Gasteiger charge is -2.33. The van der Waals surface area contributed by atoms with Gasteiger partial charge in [-0.25, -0.2) is 4.79 Å². The molecule has 37 heavy (non-hydrogen) atoms. The van der Waals surface area contributed by atoms with Crippen molar-refractivity contribution >= 4 is 23.5 Å². The fraction of sp³-hybridized carbons (Fsp3) is 0.481. The Kier molecular flexibility index (Phi) is 7.76. The number of ketones is 1. The lowest BCUT2D eigenvalue weighted by molar-refractivity contribution is -0.274. The molecule has 1 amide bonds. The number of rotatable bonds is 5. The van der Waals surface area contributed by atoms with Crippen LogP contribution in [-0.2, 0) is 24.4 Å². The van der Waals surface area contributed by atoms with E-state index < -0.39 is 12.0 Å². The highest BCUT2D eigenvalue weighted by atomic mass is 35.5. The van der Waals surface area contributed by atoms with Crippen molar-refractivity contribution in [3.05, 3.63) is 63.7 Å². The summed E-state index contributed by atoms with van der Waals surface area (Å²) in [7, 11) is 0. The van der Waals surface area contributed by atoms with Crippen molar-refractivity contribution < 1.29 is 32.2 Å². The van der Waals surface area contributed by atoms with E-state index in [1.165, 1.54) is 12.1 Å². The van der Waals surface area contributed by atoms with Crippen molar-refractivity contribution in [1.82, 2.24) is 9.80 Å². The van der Waals surface area contributed by atoms with Gasteiger partial charge in [0.1, 0.15) is 11.4 Å². The molecule has 0 atom stereocenters. The third-order valence-corrected chi connectivity index (χ3v) is 6.77. The summed E-state index contributed by atoms with van der Waals surface area (Å²) in [5.74, 6) is -0.431. The van der Waals surface area contributed by atoms with Gasteiger partial charge in [-0.2, -0.15) is 0 Å². The molecule has 1 fully saturated rings. The van der Waals surface area contributed by atoms with Crippen LogP contribution in [0.4, 0.5) is 18.0 Å². The summed E-state index contributed by atoms with van der Waals surface area (Å²) in [6, 6.07) is 9.40. The summed E-state index contributed by atoms with van der Waals surface area (Å²) in [6.07, 6.45) is -3.96. The number of Topliss-reactive ketones (excluding diaryl/α,β-unsaturated/α-hetero) is 1. The number of carbonyl (C=O) groups excluding carboxylic acids is 2. The average molecular weight is 539 g/mol. The molecule has 0 aromatic heterocycles. The predicted octanol–water partition coefficient (Wildman–Crippen LogP) is 6.58. The Hall–Kier alpha value is -2.78. The number of amides is 1. The third kappa shape index (κ3) is 7.17. The van der Waals surface area contributed by atoms with Gasteiger partial charge in [-0.3, -0.25) is 9.69 Å². The van der Waals surface area contributed by atoms with Gasteiger partial charge in [-0.05, 0) is 74.6 Å². The number of nitrogens with zero attached hydrogens (tertiary/aromatic N) is 2. The number of benzene rings is 2. The highest BCUT2D eigenvalue weighted by Crippen LogP contribution is 2.34. The molecule has 0 unspecified atom stereocenters. The number of ether oxygens (including phenoxy) is 2. The number of fused-ring (bicyclic) bond motifs is 1. The van der Waals surface area contributed by atoms with Crippen molar-refractivity contribution in [3.8, 4) is 5.75 Å². The van der Waals surface area contributed by atoms with Gasteiger partial charge in [0.05, 0.1) is 0 Å². The van der Waals surface area contributed by atoms with Gasteiger partial charge < -0.3 is 14.4 Å². The zero-order valence-electron chi connectivity index (χ0n) is 21.0. The molecule has 2 aliphatic rings. The van der Waals surface area contributed by atoms with E-state index in [2.05, 4.69) is 9.64 Å². The van der Waals surface area contributed by atoms with Gasteiger partial charge in [-0.15, -0.1) is 13.2 Å². The molecule has 2 heterocycles. The average Bonchev–Trinajstić information content (AvgIpc) is 3.21. The monoisotopic (exact) mass is 538 g/mol. The van der Waals surface area contributed by atoms with E-state index in [1.54, 1.807) is 23.1 Å². The molecule has 1 saturated heterocycles. The SMILES string of the molecule is CC(C)(C)OC(=O)N1CCC(C(=O)c2cc(Cl)c3c(c2)CN(Cc2ccc(OC(F)(F)F)cc2)C3)CC1. The molecule has 0 saturated carbocycles. The fourth-order valence-corrected chi connectivity index (χ4v) is 5.03. The first-order valence-electron chi connectivity index (χ1n) is 12.2. The topological polar surface area (TPSA) is 59.1 Å². The molecule has 4 rings (SSSR count). The summed E-state index contributed by atoms with van der Waals surface area (Å²) in [6.45, 7) is 8.07. The normalized spacial score (nSPS) is 17.0. The predicted molar refractivity (Wildman–Crippen MR) is 132 cm³/mol. The lowest BCUT2D eigenvalue weighted by Crippen LogP contribution is -2.43. The number of alkyl halides is 3. The van der Waals surface area contributed by atoms with Crippen molar-refractivity contribution in [2.75, 3.05) is 13.1 Å². The van der Waals surface area contributed by atoms with E-state index in [0.717, 1.165) is 16.7 Å². The maximum atomic E-state index is 13.3. The van der Waals surface area contributed by atoms with Gasteiger partial charge in [0.25, 0.3) is 0 Å². The smallest absolute Gasteiger partial charge is 0.444 e. The fourth-order valence-electron chi connectivity index (χ4n) is 4.73. The van der Waals surface area contributed by atoms with Crippen LogP contribution in [0.1, 0.15) is 60.7 Å². The number of piperidine rings is 1. The highest BCUT2D eigenvalue weighted by Gasteiger charge is 2.32. The molecule has 10 heteroatoms. The van der Waals surface area contributed by atoms with Crippen LogP contribution in [0.3, 0.4) is 0 Å². The molecule has 0 radical (unpaired) electrons. The molecule has 0 spiro atoms. The summed E-state index contributed by atoms with van der Waals surface area (Å²) in [5, 5.41) is 0.531. The van der Waals surface area contributed by atoms with Gasteiger partial charge in [0, 0.05) is 49.2 Å². The Bertz CT molecular complexity index is 1150. The zero-order valence-corrected chi connectivity index (χ0v) is 21.8. The quantitative estimate of drug-likeness (QED) is 0.402. The minimum Gasteiger partial charge on any atom is -0.444 e. The standard InChI is InChI=1S/C27H30ClF3N2O4/c1-26(2,3)37-25(35)33-10-8-18(9-11-33)24(34)19-12-20-15-32(16-22(20)23(28)13-19)14-17-4-6-21(7-5-17)36-27(29,30)31/h4-7,12-13,18H,8-11,14-16H2,1-3H3. The van der Waals surface area contributed by atoms with Crippen molar-refractivity contribution in [3.63, 3.8) is 0 Å². The summed E-state index contributed by atoms with van der Waals surface area (Å²) >= 11 is 6.56. The first kappa shape index (κ1) is 27.3. The van der Waals surface area contributed by atoms with E-state index in [-0.39, 0.29) is 23.5 Å². The maximum Gasteiger partial charge on any atom is 0.573 e. The first-order chi connectivity index (χ1) is 17.3. The van der Waals surface area contributed by atoms with E-state index in [4.69, 9.17) is 16.3 Å². The molecule has 200 valence electrons. The van der Waals surface area contributed by atoms with Crippen molar-refractivity contribution in [2.45, 2.75) is 65.2 Å². The van der Waals surface area contributed by atoms with Crippen LogP contribution in [-0.4, -0.2) is 46.7 Å². The van der Waals surface area contributed by atoms with Gasteiger partial charge in [-0.1, -0.05) is 23.7 Å². The number of hydrogen-bond donors (Lipinski definition) is 0. The second-order valence-corrected chi connectivity index (χ2v) is 10.9. The minimum atomic E-state index is -4.72. The van der Waals surface area contributed by atoms with E-state index >= 15 is 0 Å². The number of carbonyl (C=O) groups is 2. The van der Waals surface area contributed by atoms with Crippen molar-refractivity contribution in [2.24, 2.45) is 5.92 Å². The first-order valence-corrected chi connectivity index (χ1v) is 12.6. The number of hydrogen-bond acceptors (Lipinski definition) is 5. The van der Waals surface area contributed by atoms with Crippen LogP contribution < -0.4 is 4.74 Å². The highest BCUT2D eigenvalue weighted by molar-refractivity contribution is 6.32. The maximum absolute atomic E-state index is 13.3. The Morgan fingerprint density at radius 1 is 1.03 bits per heavy atom. The summed E-state index contributed by atoms with van der Waals surface area (Å²) < 4.78 is 46.5. The lowest BCUT2D eigenvalue weighted by atomic mass is 9.88. The van der Waals surface area contributed by atoms with Crippen LogP contribution >= 0.6 is 11.6 Å². The Balaban J connectivity index is 1.35. The second-order valence-electron chi connectivity index (χ2n) is 10.5. The summed E-state index contributed by atoms with van der Waals surface area (Å²) in [5.41, 5.74) is 2.76. The van der Waals surface area contributed by atoms with Gasteiger partial charge in [0.15, 0.2) is 5.78 Å². The second kappa shape index (κ2) is 10.5. The summed E-state index contributed by atoms with van der Waals surface area (Å²) in [4.78, 5) is 29.3. The zero-order chi connectivity index (χ0) is 27.0. The van der Waals surface area contributed by atoms with E-state index in [0.29, 0.717) is 56.2 Å². The van der Waals surface area contributed by atoms with Crippen LogP contribution in [0.5, 0.6) is 5.75 Å². The Morgan fingerprint density at radius 3 is 2.27 bits per heavy atom. The van der Waals surface area contributed by atoms with Crippen LogP contribution in [0.15, 0.2) is 36.4 Å². The number of likely N-dealkylation sites (tertiary alicyclic amines) is 1. The number of halogens is 4. The molecular weight excluding hydrogens is 509 g/mol. The molecule has 0 aliphatic carbocycles. The van der Waals surface area contributed by atoms with Crippen LogP contribution in [0, 0.1) is 5.92 Å².